The molecule has 2 heterocycles. The molecule has 0 saturated carbocycles. The lowest BCUT2D eigenvalue weighted by Crippen LogP contribution is -2.48. The number of carbonyl (C=O) groups excluding carboxylic acids is 1. The van der Waals surface area contributed by atoms with Crippen LogP contribution >= 0.6 is 0 Å². The Morgan fingerprint density at radius 2 is 2.29 bits per heavy atom. The van der Waals surface area contributed by atoms with Gasteiger partial charge in [-0.15, -0.1) is 0 Å². The number of ether oxygens (including phenoxy) is 1. The topological polar surface area (TPSA) is 41.6 Å². The van der Waals surface area contributed by atoms with Gasteiger partial charge < -0.3 is 15.0 Å². The van der Waals surface area contributed by atoms with E-state index in [0.717, 1.165) is 52.1 Å². The summed E-state index contributed by atoms with van der Waals surface area (Å²) in [6, 6.07) is 0.0841. The quantitative estimate of drug-likeness (QED) is 0.797. The van der Waals surface area contributed by atoms with Crippen LogP contribution in [0.4, 0.5) is 0 Å². The molecule has 0 aliphatic carbocycles. The van der Waals surface area contributed by atoms with Crippen LogP contribution in [0.25, 0.3) is 0 Å². The van der Waals surface area contributed by atoms with Crippen molar-refractivity contribution >= 4 is 5.91 Å². The minimum atomic E-state index is 0.0841. The number of piperidine rings is 1. The van der Waals surface area contributed by atoms with Crippen LogP contribution in [0.2, 0.25) is 0 Å². The van der Waals surface area contributed by atoms with Gasteiger partial charge in [0, 0.05) is 19.7 Å². The summed E-state index contributed by atoms with van der Waals surface area (Å²) in [7, 11) is 0. The molecular weight excluding hydrogens is 216 g/mol. The van der Waals surface area contributed by atoms with Gasteiger partial charge >= 0.3 is 0 Å². The van der Waals surface area contributed by atoms with Crippen LogP contribution in [-0.2, 0) is 9.53 Å². The fraction of sp³-hybridized carbons (Fsp3) is 0.923. The number of nitrogens with one attached hydrogen (secondary N) is 1. The van der Waals surface area contributed by atoms with Crippen LogP contribution in [0.1, 0.15) is 32.6 Å². The number of carbonyl (C=O) groups is 1. The Labute approximate surface area is 104 Å². The molecule has 2 aliphatic rings. The minimum Gasteiger partial charge on any atom is -0.381 e. The van der Waals surface area contributed by atoms with Crippen LogP contribution in [0.5, 0.6) is 0 Å². The maximum atomic E-state index is 12.2. The molecule has 0 spiro atoms. The van der Waals surface area contributed by atoms with Gasteiger partial charge in [0.1, 0.15) is 0 Å². The third kappa shape index (κ3) is 3.42. The van der Waals surface area contributed by atoms with Gasteiger partial charge in [-0.1, -0.05) is 0 Å². The highest BCUT2D eigenvalue weighted by atomic mass is 16.5. The van der Waals surface area contributed by atoms with E-state index < -0.39 is 0 Å². The second kappa shape index (κ2) is 6.36. The summed E-state index contributed by atoms with van der Waals surface area (Å²) in [5.74, 6) is 0.845. The lowest BCUT2D eigenvalue weighted by molar-refractivity contribution is -0.135. The molecule has 2 aliphatic heterocycles. The van der Waals surface area contributed by atoms with E-state index in [-0.39, 0.29) is 6.04 Å². The standard InChI is InChI=1S/C13H24N2O2/c1-2-17-10-11-5-4-8-15(9-11)13(16)12-6-3-7-14-12/h11-12,14H,2-10H2,1H3/t11-,12+/m1/s1. The Hall–Kier alpha value is -0.610. The van der Waals surface area contributed by atoms with E-state index in [2.05, 4.69) is 5.32 Å². The third-order valence-corrected chi connectivity index (χ3v) is 3.75. The summed E-state index contributed by atoms with van der Waals surface area (Å²) in [5.41, 5.74) is 0. The number of rotatable bonds is 4. The second-order valence-corrected chi connectivity index (χ2v) is 5.10. The molecule has 0 bridgehead atoms. The molecule has 2 atom stereocenters. The van der Waals surface area contributed by atoms with E-state index in [1.165, 1.54) is 6.42 Å². The van der Waals surface area contributed by atoms with E-state index in [0.29, 0.717) is 11.8 Å². The average molecular weight is 240 g/mol. The van der Waals surface area contributed by atoms with Crippen molar-refractivity contribution < 1.29 is 9.53 Å². The predicted molar refractivity (Wildman–Crippen MR) is 66.8 cm³/mol. The van der Waals surface area contributed by atoms with Gasteiger partial charge in [0.25, 0.3) is 0 Å². The van der Waals surface area contributed by atoms with Crippen molar-refractivity contribution in [3.63, 3.8) is 0 Å². The van der Waals surface area contributed by atoms with Crippen molar-refractivity contribution in [2.75, 3.05) is 32.8 Å². The number of likely N-dealkylation sites (tertiary alicyclic amines) is 1. The van der Waals surface area contributed by atoms with Gasteiger partial charge in [-0.2, -0.15) is 0 Å². The van der Waals surface area contributed by atoms with E-state index in [1.807, 2.05) is 11.8 Å². The first-order valence-electron chi connectivity index (χ1n) is 6.91. The number of nitrogens with zero attached hydrogens (tertiary/aromatic N) is 1. The highest BCUT2D eigenvalue weighted by molar-refractivity contribution is 5.82. The molecule has 17 heavy (non-hydrogen) atoms. The van der Waals surface area contributed by atoms with Crippen LogP contribution in [-0.4, -0.2) is 49.7 Å². The monoisotopic (exact) mass is 240 g/mol. The first kappa shape index (κ1) is 12.8. The molecule has 2 saturated heterocycles. The van der Waals surface area contributed by atoms with Crippen LogP contribution in [0.15, 0.2) is 0 Å². The summed E-state index contributed by atoms with van der Waals surface area (Å²) in [6.45, 7) is 6.41. The molecule has 1 amide bonds. The SMILES string of the molecule is CCOC[C@@H]1CCCN(C(=O)[C@@H]2CCCN2)C1. The zero-order valence-corrected chi connectivity index (χ0v) is 10.8. The lowest BCUT2D eigenvalue weighted by Gasteiger charge is -2.34. The summed E-state index contributed by atoms with van der Waals surface area (Å²) in [6.07, 6.45) is 4.45. The summed E-state index contributed by atoms with van der Waals surface area (Å²) in [4.78, 5) is 14.3. The Bertz CT molecular complexity index is 252. The Morgan fingerprint density at radius 3 is 3.00 bits per heavy atom. The minimum absolute atomic E-state index is 0.0841. The van der Waals surface area contributed by atoms with Crippen molar-refractivity contribution in [1.82, 2.24) is 10.2 Å². The van der Waals surface area contributed by atoms with E-state index >= 15 is 0 Å². The largest absolute Gasteiger partial charge is 0.381 e. The van der Waals surface area contributed by atoms with Crippen molar-refractivity contribution in [3.05, 3.63) is 0 Å². The Kier molecular flexibility index (Phi) is 4.80. The van der Waals surface area contributed by atoms with Gasteiger partial charge in [-0.25, -0.2) is 0 Å². The Morgan fingerprint density at radius 1 is 1.41 bits per heavy atom. The molecule has 2 rings (SSSR count). The predicted octanol–water partition coefficient (Wildman–Crippen LogP) is 1.01. The van der Waals surface area contributed by atoms with Crippen molar-refractivity contribution in [3.8, 4) is 0 Å². The number of hydrogen-bond donors (Lipinski definition) is 1. The van der Waals surface area contributed by atoms with Gasteiger partial charge in [-0.3, -0.25) is 4.79 Å². The first-order chi connectivity index (χ1) is 8.31. The molecule has 0 aromatic carbocycles. The van der Waals surface area contributed by atoms with Crippen LogP contribution in [0.3, 0.4) is 0 Å². The fourth-order valence-corrected chi connectivity index (χ4v) is 2.80. The first-order valence-corrected chi connectivity index (χ1v) is 6.91. The van der Waals surface area contributed by atoms with Crippen molar-refractivity contribution in [2.24, 2.45) is 5.92 Å². The smallest absolute Gasteiger partial charge is 0.239 e. The molecule has 98 valence electrons. The number of amides is 1. The highest BCUT2D eigenvalue weighted by Crippen LogP contribution is 2.19. The molecule has 4 nitrogen and oxygen atoms in total. The summed E-state index contributed by atoms with van der Waals surface area (Å²) in [5, 5.41) is 3.29. The van der Waals surface area contributed by atoms with Crippen molar-refractivity contribution in [1.29, 1.82) is 0 Å². The van der Waals surface area contributed by atoms with E-state index in [1.54, 1.807) is 0 Å². The molecular formula is C13H24N2O2. The van der Waals surface area contributed by atoms with Crippen molar-refractivity contribution in [2.45, 2.75) is 38.6 Å². The third-order valence-electron chi connectivity index (χ3n) is 3.75. The molecule has 1 N–H and O–H groups in total. The molecule has 4 heteroatoms. The molecule has 0 unspecified atom stereocenters. The van der Waals surface area contributed by atoms with Crippen LogP contribution in [0, 0.1) is 5.92 Å². The zero-order chi connectivity index (χ0) is 12.1. The van der Waals surface area contributed by atoms with Gasteiger partial charge in [-0.05, 0) is 45.1 Å². The summed E-state index contributed by atoms with van der Waals surface area (Å²) >= 11 is 0. The number of hydrogen-bond acceptors (Lipinski definition) is 3. The lowest BCUT2D eigenvalue weighted by atomic mass is 9.98. The van der Waals surface area contributed by atoms with E-state index in [4.69, 9.17) is 4.74 Å². The van der Waals surface area contributed by atoms with Gasteiger partial charge in [0.2, 0.25) is 5.91 Å². The zero-order valence-electron chi connectivity index (χ0n) is 10.8. The fourth-order valence-electron chi connectivity index (χ4n) is 2.80. The maximum absolute atomic E-state index is 12.2. The van der Waals surface area contributed by atoms with Gasteiger partial charge in [0.15, 0.2) is 0 Å². The summed E-state index contributed by atoms with van der Waals surface area (Å²) < 4.78 is 5.47. The maximum Gasteiger partial charge on any atom is 0.239 e. The van der Waals surface area contributed by atoms with Crippen LogP contribution < -0.4 is 5.32 Å². The highest BCUT2D eigenvalue weighted by Gasteiger charge is 2.30. The molecule has 0 aromatic heterocycles. The van der Waals surface area contributed by atoms with Gasteiger partial charge in [0.05, 0.1) is 12.6 Å². The normalized spacial score (nSPS) is 29.6. The molecule has 0 aromatic rings. The van der Waals surface area contributed by atoms with E-state index in [9.17, 15) is 4.79 Å². The average Bonchev–Trinajstić information content (AvgIpc) is 2.89. The Balaban J connectivity index is 1.81. The molecule has 2 fully saturated rings. The molecule has 0 radical (unpaired) electrons. The second-order valence-electron chi connectivity index (χ2n) is 5.10.